The lowest BCUT2D eigenvalue weighted by Crippen LogP contribution is -2.50. The van der Waals surface area contributed by atoms with Gasteiger partial charge in [0.25, 0.3) is 0 Å². The van der Waals surface area contributed by atoms with Gasteiger partial charge in [0.05, 0.1) is 12.6 Å². The van der Waals surface area contributed by atoms with E-state index in [-0.39, 0.29) is 31.9 Å². The smallest absolute Gasteiger partial charge is 0.453 e. The van der Waals surface area contributed by atoms with E-state index < -0.39 is 46.4 Å². The highest BCUT2D eigenvalue weighted by Crippen LogP contribution is 2.35. The second-order valence-corrected chi connectivity index (χ2v) is 15.7. The quantitative estimate of drug-likeness (QED) is 0.0509. The van der Waals surface area contributed by atoms with Crippen molar-refractivity contribution in [2.45, 2.75) is 35.1 Å². The number of esters is 2. The van der Waals surface area contributed by atoms with Crippen molar-refractivity contribution in [1.29, 1.82) is 0 Å². The molecule has 2 atom stereocenters. The average molecular weight is 856 g/mol. The number of aliphatic hydroxyl groups is 1. The molecule has 0 radical (unpaired) electrons. The van der Waals surface area contributed by atoms with E-state index in [0.29, 0.717) is 21.7 Å². The molecule has 0 aromatic heterocycles. The van der Waals surface area contributed by atoms with E-state index in [1.54, 1.807) is 73.7 Å². The van der Waals surface area contributed by atoms with Crippen LogP contribution in [0.4, 0.5) is 4.79 Å². The van der Waals surface area contributed by atoms with Crippen LogP contribution in [-0.2, 0) is 39.7 Å². The molecular weight excluding hydrogens is 816 g/mol. The van der Waals surface area contributed by atoms with E-state index in [2.05, 4.69) is 0 Å². The maximum Gasteiger partial charge on any atom is 0.453 e. The van der Waals surface area contributed by atoms with Crippen LogP contribution in [0.25, 0.3) is 17.9 Å². The van der Waals surface area contributed by atoms with E-state index in [4.69, 9.17) is 70.1 Å². The van der Waals surface area contributed by atoms with Gasteiger partial charge in [-0.15, -0.1) is 0 Å². The first-order valence-electron chi connectivity index (χ1n) is 17.7. The predicted molar refractivity (Wildman–Crippen MR) is 220 cm³/mol. The first kappa shape index (κ1) is 43.2. The fraction of sp³-hybridized carbons (Fsp3) is 0.233. The molecule has 57 heavy (non-hydrogen) atoms. The van der Waals surface area contributed by atoms with Gasteiger partial charge in [-0.1, -0.05) is 150 Å². The first-order chi connectivity index (χ1) is 27.3. The number of carbonyl (C=O) groups excluding carboxylic acids is 3. The van der Waals surface area contributed by atoms with E-state index in [1.807, 2.05) is 66.7 Å². The zero-order valence-electron chi connectivity index (χ0n) is 30.6. The van der Waals surface area contributed by atoms with Gasteiger partial charge in [-0.25, -0.2) is 14.4 Å². The molecule has 0 saturated heterocycles. The predicted octanol–water partition coefficient (Wildman–Crippen LogP) is 9.37. The van der Waals surface area contributed by atoms with E-state index in [0.717, 1.165) is 17.4 Å². The minimum atomic E-state index is -2.58. The number of rotatable bonds is 16. The minimum absolute atomic E-state index is 0.0494. The van der Waals surface area contributed by atoms with Crippen LogP contribution in [0.5, 0.6) is 0 Å². The lowest BCUT2D eigenvalue weighted by Gasteiger charge is -2.31. The normalized spacial score (nSPS) is 16.3. The van der Waals surface area contributed by atoms with Gasteiger partial charge in [0.1, 0.15) is 26.1 Å². The van der Waals surface area contributed by atoms with E-state index >= 15 is 0 Å². The van der Waals surface area contributed by atoms with Gasteiger partial charge < -0.3 is 33.7 Å². The van der Waals surface area contributed by atoms with Gasteiger partial charge in [0, 0.05) is 16.6 Å². The molecule has 10 nitrogen and oxygen atoms in total. The maximum atomic E-state index is 13.6. The number of alkyl halides is 3. The molecule has 4 aromatic carbocycles. The van der Waals surface area contributed by atoms with Crippen LogP contribution >= 0.6 is 46.4 Å². The van der Waals surface area contributed by atoms with Crippen LogP contribution in [0.1, 0.15) is 40.8 Å². The number of amides is 1. The Kier molecular flexibility index (Phi) is 15.5. The Morgan fingerprint density at radius 1 is 0.807 bits per heavy atom. The zero-order chi connectivity index (χ0) is 40.8. The topological polar surface area (TPSA) is 121 Å². The second-order valence-electron chi connectivity index (χ2n) is 12.8. The summed E-state index contributed by atoms with van der Waals surface area (Å²) in [7, 11) is 0. The molecule has 0 bridgehead atoms. The Labute approximate surface area is 350 Å². The Balaban J connectivity index is 1.31. The summed E-state index contributed by atoms with van der Waals surface area (Å²) in [6, 6.07) is 31.8. The SMILES string of the molecule is C[C@H](Cc1cccc(C2=COC(C(=O)OCC=Cc3ccccc3)(C(=O)OCC=Cc3ccccc3)O2)c1)N(C[C@@H](O)c1cccc(Cl)c1)C(=O)OCC(Cl)(Cl)Cl. The molecule has 1 heterocycles. The van der Waals surface area contributed by atoms with Gasteiger partial charge in [-0.2, -0.15) is 0 Å². The summed E-state index contributed by atoms with van der Waals surface area (Å²) in [4.78, 5) is 41.8. The molecule has 1 N–H and O–H groups in total. The third-order valence-electron chi connectivity index (χ3n) is 8.44. The van der Waals surface area contributed by atoms with Crippen molar-refractivity contribution >= 4 is 82.3 Å². The number of benzene rings is 4. The highest BCUT2D eigenvalue weighted by Gasteiger charge is 2.58. The molecule has 0 saturated carbocycles. The third-order valence-corrected chi connectivity index (χ3v) is 9.00. The third kappa shape index (κ3) is 12.8. The molecular formula is C43H39Cl4NO9. The highest BCUT2D eigenvalue weighted by atomic mass is 35.6. The molecule has 0 fully saturated rings. The minimum Gasteiger partial charge on any atom is -0.455 e. The van der Waals surface area contributed by atoms with Gasteiger partial charge in [-0.05, 0) is 65.9 Å². The van der Waals surface area contributed by atoms with Crippen LogP contribution in [0, 0.1) is 0 Å². The molecule has 0 aliphatic carbocycles. The van der Waals surface area contributed by atoms with Crippen LogP contribution in [0.15, 0.2) is 128 Å². The number of carbonyl (C=O) groups is 3. The van der Waals surface area contributed by atoms with Gasteiger partial charge in [-0.3, -0.25) is 0 Å². The number of nitrogens with zero attached hydrogens (tertiary/aromatic N) is 1. The van der Waals surface area contributed by atoms with Gasteiger partial charge >= 0.3 is 23.8 Å². The van der Waals surface area contributed by atoms with Crippen molar-refractivity contribution in [3.05, 3.63) is 160 Å². The largest absolute Gasteiger partial charge is 0.455 e. The molecule has 14 heteroatoms. The molecule has 298 valence electrons. The summed E-state index contributed by atoms with van der Waals surface area (Å²) in [5, 5.41) is 11.5. The Hall–Kier alpha value is -4.97. The summed E-state index contributed by atoms with van der Waals surface area (Å²) < 4.78 is 26.0. The van der Waals surface area contributed by atoms with Crippen LogP contribution in [-0.4, -0.2) is 70.0 Å². The second kappa shape index (κ2) is 20.5. The van der Waals surface area contributed by atoms with E-state index in [1.165, 1.54) is 4.90 Å². The van der Waals surface area contributed by atoms with Crippen molar-refractivity contribution in [2.75, 3.05) is 26.4 Å². The standard InChI is InChI=1S/C43H39Cl4NO9/c1-30(48(41(52)55-29-42(45,46)47)27-37(49)34-19-9-21-36(44)26-34)24-33-16-8-20-35(25-33)38-28-56-43(57-38,39(50)53-22-10-17-31-12-4-2-5-13-31)40(51)54-23-11-18-32-14-6-3-7-15-32/h2-21,25-26,28,30,37,49H,22-24,27,29H2,1H3/t30-,37-,43?/m1/s1. The first-order valence-corrected chi connectivity index (χ1v) is 19.2. The summed E-state index contributed by atoms with van der Waals surface area (Å²) >= 11 is 23.7. The molecule has 1 aliphatic rings. The number of ether oxygens (including phenoxy) is 5. The number of halogens is 4. The Morgan fingerprint density at radius 2 is 1.40 bits per heavy atom. The molecule has 0 spiro atoms. The van der Waals surface area contributed by atoms with Gasteiger partial charge in [0.15, 0.2) is 5.76 Å². The molecule has 0 unspecified atom stereocenters. The molecule has 1 amide bonds. The lowest BCUT2D eigenvalue weighted by atomic mass is 10.0. The lowest BCUT2D eigenvalue weighted by molar-refractivity contribution is -0.214. The number of hydrogen-bond donors (Lipinski definition) is 1. The number of hydrogen-bond acceptors (Lipinski definition) is 9. The van der Waals surface area contributed by atoms with Gasteiger partial charge in [0.2, 0.25) is 3.79 Å². The Bertz CT molecular complexity index is 2000. The van der Waals surface area contributed by atoms with Crippen LogP contribution in [0.3, 0.4) is 0 Å². The monoisotopic (exact) mass is 853 g/mol. The summed E-state index contributed by atoms with van der Waals surface area (Å²) in [5.41, 5.74) is 3.42. The van der Waals surface area contributed by atoms with Crippen molar-refractivity contribution in [1.82, 2.24) is 4.90 Å². The summed E-state index contributed by atoms with van der Waals surface area (Å²) in [5.74, 6) is -4.77. The van der Waals surface area contributed by atoms with Crippen molar-refractivity contribution in [2.24, 2.45) is 0 Å². The summed E-state index contributed by atoms with van der Waals surface area (Å²) in [6.45, 7) is 0.707. The fourth-order valence-corrected chi connectivity index (χ4v) is 6.00. The van der Waals surface area contributed by atoms with E-state index in [9.17, 15) is 19.5 Å². The van der Waals surface area contributed by atoms with Crippen molar-refractivity contribution in [3.8, 4) is 0 Å². The Morgan fingerprint density at radius 3 is 1.98 bits per heavy atom. The molecule has 1 aliphatic heterocycles. The zero-order valence-corrected chi connectivity index (χ0v) is 33.7. The highest BCUT2D eigenvalue weighted by molar-refractivity contribution is 6.67. The van der Waals surface area contributed by atoms with Crippen LogP contribution < -0.4 is 0 Å². The van der Waals surface area contributed by atoms with Crippen LogP contribution in [0.2, 0.25) is 5.02 Å². The molecule has 4 aromatic rings. The van der Waals surface area contributed by atoms with Crippen molar-refractivity contribution < 1.29 is 43.2 Å². The maximum absolute atomic E-state index is 13.6. The summed E-state index contributed by atoms with van der Waals surface area (Å²) in [6.07, 6.45) is 6.22. The molecule has 5 rings (SSSR count). The number of aliphatic hydroxyl groups excluding tert-OH is 1. The average Bonchev–Trinajstić information content (AvgIpc) is 3.67. The van der Waals surface area contributed by atoms with Crippen molar-refractivity contribution in [3.63, 3.8) is 0 Å². The fourth-order valence-electron chi connectivity index (χ4n) is 5.63.